The van der Waals surface area contributed by atoms with Crippen molar-refractivity contribution in [2.24, 2.45) is 0 Å². The predicted molar refractivity (Wildman–Crippen MR) is 82.6 cm³/mol. The molecule has 1 N–H and O–H groups in total. The minimum Gasteiger partial charge on any atom is -0.467 e. The van der Waals surface area contributed by atoms with Gasteiger partial charge in [-0.15, -0.1) is 0 Å². The lowest BCUT2D eigenvalue weighted by molar-refractivity contribution is 0.509. The van der Waals surface area contributed by atoms with E-state index >= 15 is 0 Å². The molecule has 3 rings (SSSR count). The van der Waals surface area contributed by atoms with Crippen LogP contribution < -0.4 is 5.32 Å². The average Bonchev–Trinajstić information content (AvgIpc) is 3.21. The number of hydrogen-bond acceptors (Lipinski definition) is 5. The molecule has 1 aromatic carbocycles. The molecule has 0 aliphatic carbocycles. The van der Waals surface area contributed by atoms with Crippen molar-refractivity contribution in [3.8, 4) is 6.07 Å². The van der Waals surface area contributed by atoms with E-state index in [1.165, 1.54) is 12.1 Å². The van der Waals surface area contributed by atoms with Gasteiger partial charge in [0.2, 0.25) is 17.5 Å². The van der Waals surface area contributed by atoms with Gasteiger partial charge < -0.3 is 14.2 Å². The number of aromatic nitrogens is 1. The van der Waals surface area contributed by atoms with E-state index < -0.39 is 0 Å². The summed E-state index contributed by atoms with van der Waals surface area (Å²) in [5.74, 6) is 0.985. The molecule has 0 saturated carbocycles. The van der Waals surface area contributed by atoms with Crippen LogP contribution in [0, 0.1) is 17.1 Å². The molecule has 5 nitrogen and oxygen atoms in total. The van der Waals surface area contributed by atoms with Crippen LogP contribution in [0.1, 0.15) is 22.9 Å². The lowest BCUT2D eigenvalue weighted by atomic mass is 10.2. The molecule has 114 valence electrons. The number of furan rings is 1. The number of anilines is 1. The second-order valence-corrected chi connectivity index (χ2v) is 4.66. The van der Waals surface area contributed by atoms with E-state index in [2.05, 4.69) is 10.3 Å². The maximum Gasteiger partial charge on any atom is 0.232 e. The number of halogens is 1. The first kappa shape index (κ1) is 14.6. The van der Waals surface area contributed by atoms with Crippen LogP contribution in [0.5, 0.6) is 0 Å². The van der Waals surface area contributed by atoms with Crippen LogP contribution in [-0.4, -0.2) is 4.98 Å². The van der Waals surface area contributed by atoms with Crippen LogP contribution in [-0.2, 0) is 6.54 Å². The van der Waals surface area contributed by atoms with Gasteiger partial charge in [0.1, 0.15) is 17.6 Å². The number of rotatable bonds is 5. The Morgan fingerprint density at radius 2 is 2.04 bits per heavy atom. The van der Waals surface area contributed by atoms with Crippen molar-refractivity contribution in [1.82, 2.24) is 4.98 Å². The first-order chi connectivity index (χ1) is 11.2. The van der Waals surface area contributed by atoms with Crippen LogP contribution in [0.3, 0.4) is 0 Å². The highest BCUT2D eigenvalue weighted by molar-refractivity contribution is 5.67. The number of nitriles is 1. The van der Waals surface area contributed by atoms with E-state index in [0.717, 1.165) is 5.56 Å². The third kappa shape index (κ3) is 3.66. The molecule has 0 fully saturated rings. The van der Waals surface area contributed by atoms with Crippen molar-refractivity contribution in [2.45, 2.75) is 6.54 Å². The van der Waals surface area contributed by atoms with Crippen molar-refractivity contribution in [2.75, 3.05) is 5.32 Å². The van der Waals surface area contributed by atoms with Gasteiger partial charge in [0.05, 0.1) is 12.8 Å². The van der Waals surface area contributed by atoms with Crippen LogP contribution in [0.15, 0.2) is 51.5 Å². The highest BCUT2D eigenvalue weighted by atomic mass is 19.1. The van der Waals surface area contributed by atoms with Crippen molar-refractivity contribution in [3.05, 3.63) is 71.4 Å². The number of benzene rings is 1. The minimum atomic E-state index is -0.297. The van der Waals surface area contributed by atoms with Crippen molar-refractivity contribution in [3.63, 3.8) is 0 Å². The number of nitrogens with zero attached hydrogens (tertiary/aromatic N) is 2. The fourth-order valence-electron chi connectivity index (χ4n) is 1.93. The lowest BCUT2D eigenvalue weighted by Gasteiger charge is -1.98. The maximum absolute atomic E-state index is 12.8. The Morgan fingerprint density at radius 3 is 2.74 bits per heavy atom. The summed E-state index contributed by atoms with van der Waals surface area (Å²) in [6.45, 7) is 0.387. The molecule has 6 heteroatoms. The molecule has 2 aromatic heterocycles. The summed E-state index contributed by atoms with van der Waals surface area (Å²) in [5.41, 5.74) is 0.962. The van der Waals surface area contributed by atoms with Gasteiger partial charge in [-0.05, 0) is 35.9 Å². The standard InChI is InChI=1S/C17H12FN3O2/c18-13-6-3-12(4-7-13)5-8-16-21-15(10-19)17(23-16)20-11-14-2-1-9-22-14/h1-9,20H,11H2/b8-5+. The van der Waals surface area contributed by atoms with Gasteiger partial charge >= 0.3 is 0 Å². The second-order valence-electron chi connectivity index (χ2n) is 4.66. The summed E-state index contributed by atoms with van der Waals surface area (Å²) in [5, 5.41) is 12.1. The van der Waals surface area contributed by atoms with Gasteiger partial charge in [-0.25, -0.2) is 4.39 Å². The Hall–Kier alpha value is -3.33. The summed E-state index contributed by atoms with van der Waals surface area (Å²) in [4.78, 5) is 4.08. The van der Waals surface area contributed by atoms with Crippen molar-refractivity contribution >= 4 is 18.0 Å². The molecule has 0 unspecified atom stereocenters. The number of oxazole rings is 1. The Bertz CT molecular complexity index is 843. The van der Waals surface area contributed by atoms with E-state index in [-0.39, 0.29) is 23.3 Å². The van der Waals surface area contributed by atoms with Crippen molar-refractivity contribution < 1.29 is 13.2 Å². The normalized spacial score (nSPS) is 10.8. The molecule has 0 aliphatic heterocycles. The maximum atomic E-state index is 12.8. The number of hydrogen-bond donors (Lipinski definition) is 1. The largest absolute Gasteiger partial charge is 0.467 e. The van der Waals surface area contributed by atoms with Crippen LogP contribution in [0.4, 0.5) is 10.3 Å². The lowest BCUT2D eigenvalue weighted by Crippen LogP contribution is -1.98. The second kappa shape index (κ2) is 6.62. The molecule has 3 aromatic rings. The molecular weight excluding hydrogens is 297 g/mol. The van der Waals surface area contributed by atoms with E-state index in [1.54, 1.807) is 36.6 Å². The molecule has 2 heterocycles. The van der Waals surface area contributed by atoms with Gasteiger partial charge in [0.25, 0.3) is 0 Å². The van der Waals surface area contributed by atoms with Gasteiger partial charge in [0.15, 0.2) is 0 Å². The Morgan fingerprint density at radius 1 is 1.22 bits per heavy atom. The molecule has 23 heavy (non-hydrogen) atoms. The van der Waals surface area contributed by atoms with E-state index in [4.69, 9.17) is 14.1 Å². The first-order valence-electron chi connectivity index (χ1n) is 6.85. The Kier molecular flexibility index (Phi) is 4.20. The van der Waals surface area contributed by atoms with E-state index in [9.17, 15) is 4.39 Å². The van der Waals surface area contributed by atoms with Gasteiger partial charge in [-0.2, -0.15) is 10.2 Å². The third-order valence-electron chi connectivity index (χ3n) is 3.04. The van der Waals surface area contributed by atoms with E-state index in [1.807, 2.05) is 12.1 Å². The minimum absolute atomic E-state index is 0.162. The zero-order valence-corrected chi connectivity index (χ0v) is 12.0. The van der Waals surface area contributed by atoms with Gasteiger partial charge in [-0.3, -0.25) is 0 Å². The first-order valence-corrected chi connectivity index (χ1v) is 6.85. The van der Waals surface area contributed by atoms with Gasteiger partial charge in [-0.1, -0.05) is 12.1 Å². The van der Waals surface area contributed by atoms with Gasteiger partial charge in [0, 0.05) is 6.08 Å². The Balaban J connectivity index is 1.73. The molecule has 0 spiro atoms. The number of nitrogens with one attached hydrogen (secondary N) is 1. The summed E-state index contributed by atoms with van der Waals surface area (Å²) in [6, 6.07) is 11.6. The zero-order valence-electron chi connectivity index (χ0n) is 12.0. The molecule has 0 atom stereocenters. The third-order valence-corrected chi connectivity index (χ3v) is 3.04. The molecule has 0 aliphatic rings. The van der Waals surface area contributed by atoms with Crippen LogP contribution in [0.25, 0.3) is 12.2 Å². The SMILES string of the molecule is N#Cc1nc(/C=C/c2ccc(F)cc2)oc1NCc1ccco1. The summed E-state index contributed by atoms with van der Waals surface area (Å²) in [7, 11) is 0. The molecule has 0 amide bonds. The quantitative estimate of drug-likeness (QED) is 0.769. The highest BCUT2D eigenvalue weighted by Gasteiger charge is 2.11. The summed E-state index contributed by atoms with van der Waals surface area (Å²) in [6.07, 6.45) is 4.91. The molecular formula is C17H12FN3O2. The Labute approximate surface area is 131 Å². The monoisotopic (exact) mass is 309 g/mol. The topological polar surface area (TPSA) is 75.0 Å². The average molecular weight is 309 g/mol. The predicted octanol–water partition coefficient (Wildman–Crippen LogP) is 4.06. The highest BCUT2D eigenvalue weighted by Crippen LogP contribution is 2.19. The fraction of sp³-hybridized carbons (Fsp3) is 0.0588. The smallest absolute Gasteiger partial charge is 0.232 e. The summed E-state index contributed by atoms with van der Waals surface area (Å²) < 4.78 is 23.5. The summed E-state index contributed by atoms with van der Waals surface area (Å²) >= 11 is 0. The molecule has 0 radical (unpaired) electrons. The van der Waals surface area contributed by atoms with Crippen molar-refractivity contribution in [1.29, 1.82) is 5.26 Å². The van der Waals surface area contributed by atoms with Crippen LogP contribution in [0.2, 0.25) is 0 Å². The zero-order chi connectivity index (χ0) is 16.1. The molecule has 0 saturated heterocycles. The van der Waals surface area contributed by atoms with E-state index in [0.29, 0.717) is 12.3 Å². The fourth-order valence-corrected chi connectivity index (χ4v) is 1.93. The van der Waals surface area contributed by atoms with Crippen LogP contribution >= 0.6 is 0 Å². The molecule has 0 bridgehead atoms.